The van der Waals surface area contributed by atoms with E-state index in [2.05, 4.69) is 10.4 Å². The summed E-state index contributed by atoms with van der Waals surface area (Å²) in [6.07, 6.45) is 4.37. The van der Waals surface area contributed by atoms with Gasteiger partial charge in [-0.25, -0.2) is 4.79 Å². The van der Waals surface area contributed by atoms with Gasteiger partial charge in [-0.15, -0.1) is 0 Å². The van der Waals surface area contributed by atoms with E-state index in [4.69, 9.17) is 14.2 Å². The standard InChI is InChI=1S/C18H19N3O5/c1-3-24-18(23)13-11-19-21(2)17(13)20-16(22)7-5-12-4-6-14-15(10-12)26-9-8-25-14/h4-7,10-11H,3,8-9H2,1-2H3,(H,20,22)/b7-5-. The number of hydrogen-bond donors (Lipinski definition) is 1. The number of aryl methyl sites for hydroxylation is 1. The number of rotatable bonds is 5. The molecule has 1 N–H and O–H groups in total. The molecule has 0 saturated heterocycles. The molecular formula is C18H19N3O5. The number of aromatic nitrogens is 2. The Bertz CT molecular complexity index is 857. The lowest BCUT2D eigenvalue weighted by atomic mass is 10.2. The quantitative estimate of drug-likeness (QED) is 0.650. The van der Waals surface area contributed by atoms with Gasteiger partial charge in [-0.1, -0.05) is 6.07 Å². The Morgan fingerprint density at radius 1 is 1.31 bits per heavy atom. The molecule has 1 aromatic carbocycles. The molecule has 1 aliphatic heterocycles. The number of carbonyl (C=O) groups is 2. The largest absolute Gasteiger partial charge is 0.486 e. The van der Waals surface area contributed by atoms with Crippen molar-refractivity contribution in [2.75, 3.05) is 25.1 Å². The van der Waals surface area contributed by atoms with Crippen molar-refractivity contribution < 1.29 is 23.8 Å². The first-order valence-electron chi connectivity index (χ1n) is 8.16. The van der Waals surface area contributed by atoms with E-state index in [1.165, 1.54) is 17.0 Å². The number of nitrogens with one attached hydrogen (secondary N) is 1. The van der Waals surface area contributed by atoms with E-state index in [1.54, 1.807) is 32.2 Å². The highest BCUT2D eigenvalue weighted by atomic mass is 16.6. The van der Waals surface area contributed by atoms with Gasteiger partial charge in [0.15, 0.2) is 11.5 Å². The maximum absolute atomic E-state index is 12.2. The summed E-state index contributed by atoms with van der Waals surface area (Å²) >= 11 is 0. The average Bonchev–Trinajstić information content (AvgIpc) is 3.00. The molecule has 0 saturated carbocycles. The van der Waals surface area contributed by atoms with Crippen LogP contribution in [0.1, 0.15) is 22.8 Å². The van der Waals surface area contributed by atoms with Crippen molar-refractivity contribution in [1.82, 2.24) is 9.78 Å². The fraction of sp³-hybridized carbons (Fsp3) is 0.278. The van der Waals surface area contributed by atoms with Gasteiger partial charge in [-0.3, -0.25) is 9.48 Å². The smallest absolute Gasteiger partial charge is 0.343 e. The average molecular weight is 357 g/mol. The van der Waals surface area contributed by atoms with Crippen LogP contribution in [0, 0.1) is 0 Å². The maximum atomic E-state index is 12.2. The summed E-state index contributed by atoms with van der Waals surface area (Å²) in [7, 11) is 1.63. The molecule has 2 aromatic rings. The predicted molar refractivity (Wildman–Crippen MR) is 94.3 cm³/mol. The Morgan fingerprint density at radius 3 is 2.85 bits per heavy atom. The molecule has 0 fully saturated rings. The number of fused-ring (bicyclic) bond motifs is 1. The molecule has 3 rings (SSSR count). The minimum Gasteiger partial charge on any atom is -0.486 e. The molecule has 0 spiro atoms. The minimum atomic E-state index is -0.535. The maximum Gasteiger partial charge on any atom is 0.343 e. The van der Waals surface area contributed by atoms with Crippen LogP contribution < -0.4 is 14.8 Å². The Kier molecular flexibility index (Phi) is 5.21. The SMILES string of the molecule is CCOC(=O)c1cnn(C)c1NC(=O)/C=C\c1ccc2c(c1)OCCO2. The number of anilines is 1. The number of ether oxygens (including phenoxy) is 3. The number of carbonyl (C=O) groups excluding carboxylic acids is 2. The summed E-state index contributed by atoms with van der Waals surface area (Å²) in [5.74, 6) is 0.683. The van der Waals surface area contributed by atoms with Gasteiger partial charge in [0, 0.05) is 13.1 Å². The van der Waals surface area contributed by atoms with Gasteiger partial charge in [0.1, 0.15) is 24.6 Å². The second-order valence-corrected chi connectivity index (χ2v) is 5.48. The number of hydrogen-bond acceptors (Lipinski definition) is 6. The summed E-state index contributed by atoms with van der Waals surface area (Å²) in [5, 5.41) is 6.63. The first kappa shape index (κ1) is 17.5. The molecule has 0 radical (unpaired) electrons. The van der Waals surface area contributed by atoms with Gasteiger partial charge in [0.05, 0.1) is 12.8 Å². The molecule has 1 amide bonds. The molecule has 0 bridgehead atoms. The summed E-state index contributed by atoms with van der Waals surface area (Å²) in [5.41, 5.74) is 0.996. The highest BCUT2D eigenvalue weighted by Crippen LogP contribution is 2.31. The Balaban J connectivity index is 1.70. The molecule has 8 nitrogen and oxygen atoms in total. The molecule has 2 heterocycles. The minimum absolute atomic E-state index is 0.204. The molecular weight excluding hydrogens is 338 g/mol. The van der Waals surface area contributed by atoms with Gasteiger partial charge in [0.2, 0.25) is 5.91 Å². The third-order valence-corrected chi connectivity index (χ3v) is 3.67. The summed E-state index contributed by atoms with van der Waals surface area (Å²) in [4.78, 5) is 24.1. The third kappa shape index (κ3) is 3.85. The molecule has 136 valence electrons. The second-order valence-electron chi connectivity index (χ2n) is 5.48. The van der Waals surface area contributed by atoms with Gasteiger partial charge < -0.3 is 19.5 Å². The predicted octanol–water partition coefficient (Wildman–Crippen LogP) is 2.02. The van der Waals surface area contributed by atoms with E-state index in [0.717, 1.165) is 5.56 Å². The van der Waals surface area contributed by atoms with E-state index in [9.17, 15) is 9.59 Å². The lowest BCUT2D eigenvalue weighted by Crippen LogP contribution is -2.15. The third-order valence-electron chi connectivity index (χ3n) is 3.67. The monoisotopic (exact) mass is 357 g/mol. The van der Waals surface area contributed by atoms with Crippen molar-refractivity contribution in [3.8, 4) is 11.5 Å². The van der Waals surface area contributed by atoms with Gasteiger partial charge in [-0.2, -0.15) is 5.10 Å². The van der Waals surface area contributed by atoms with Crippen LogP contribution in [-0.4, -0.2) is 41.5 Å². The molecule has 0 atom stereocenters. The zero-order valence-corrected chi connectivity index (χ0v) is 14.5. The van der Waals surface area contributed by atoms with Gasteiger partial charge >= 0.3 is 5.97 Å². The van der Waals surface area contributed by atoms with Crippen molar-refractivity contribution in [2.45, 2.75) is 6.92 Å². The van der Waals surface area contributed by atoms with Crippen LogP contribution in [0.5, 0.6) is 11.5 Å². The zero-order valence-electron chi connectivity index (χ0n) is 14.5. The fourth-order valence-electron chi connectivity index (χ4n) is 2.44. The number of nitrogens with zero attached hydrogens (tertiary/aromatic N) is 2. The van der Waals surface area contributed by atoms with Crippen molar-refractivity contribution in [2.24, 2.45) is 7.05 Å². The van der Waals surface area contributed by atoms with Crippen LogP contribution in [0.3, 0.4) is 0 Å². The number of amides is 1. The van der Waals surface area contributed by atoms with E-state index in [-0.39, 0.29) is 18.0 Å². The van der Waals surface area contributed by atoms with E-state index in [0.29, 0.717) is 24.7 Å². The van der Waals surface area contributed by atoms with Crippen LogP contribution in [0.15, 0.2) is 30.5 Å². The van der Waals surface area contributed by atoms with Crippen LogP contribution in [0.4, 0.5) is 5.82 Å². The summed E-state index contributed by atoms with van der Waals surface area (Å²) < 4.78 is 17.3. The van der Waals surface area contributed by atoms with Crippen LogP contribution >= 0.6 is 0 Å². The van der Waals surface area contributed by atoms with E-state index < -0.39 is 11.9 Å². The first-order valence-corrected chi connectivity index (χ1v) is 8.16. The molecule has 8 heteroatoms. The Labute approximate surface area is 150 Å². The fourth-order valence-corrected chi connectivity index (χ4v) is 2.44. The van der Waals surface area contributed by atoms with Crippen molar-refractivity contribution >= 4 is 23.8 Å². The molecule has 0 aliphatic carbocycles. The number of esters is 1. The van der Waals surface area contributed by atoms with Crippen molar-refractivity contribution in [1.29, 1.82) is 0 Å². The lowest BCUT2D eigenvalue weighted by molar-refractivity contribution is -0.111. The van der Waals surface area contributed by atoms with Gasteiger partial charge in [-0.05, 0) is 30.7 Å². The molecule has 1 aliphatic rings. The molecule has 1 aromatic heterocycles. The normalized spacial score (nSPS) is 12.8. The van der Waals surface area contributed by atoms with Crippen molar-refractivity contribution in [3.05, 3.63) is 41.6 Å². The first-order chi connectivity index (χ1) is 12.6. The summed E-state index contributed by atoms with van der Waals surface area (Å²) in [6, 6.07) is 5.42. The second kappa shape index (κ2) is 7.73. The highest BCUT2D eigenvalue weighted by molar-refractivity contribution is 6.05. The lowest BCUT2D eigenvalue weighted by Gasteiger charge is -2.18. The van der Waals surface area contributed by atoms with E-state index in [1.807, 2.05) is 6.07 Å². The Morgan fingerprint density at radius 2 is 2.08 bits per heavy atom. The number of benzene rings is 1. The highest BCUT2D eigenvalue weighted by Gasteiger charge is 2.18. The van der Waals surface area contributed by atoms with Crippen molar-refractivity contribution in [3.63, 3.8) is 0 Å². The van der Waals surface area contributed by atoms with Crippen LogP contribution in [0.2, 0.25) is 0 Å². The van der Waals surface area contributed by atoms with Crippen LogP contribution in [0.25, 0.3) is 6.08 Å². The topological polar surface area (TPSA) is 91.7 Å². The molecule has 0 unspecified atom stereocenters. The van der Waals surface area contributed by atoms with Gasteiger partial charge in [0.25, 0.3) is 0 Å². The van der Waals surface area contributed by atoms with E-state index >= 15 is 0 Å². The Hall–Kier alpha value is -3.29. The van der Waals surface area contributed by atoms with Crippen LogP contribution in [-0.2, 0) is 16.6 Å². The molecule has 26 heavy (non-hydrogen) atoms. The summed E-state index contributed by atoms with van der Waals surface area (Å²) in [6.45, 7) is 2.98. The zero-order chi connectivity index (χ0) is 18.5.